The lowest BCUT2D eigenvalue weighted by Crippen LogP contribution is -1.98. The molecule has 1 saturated carbocycles. The van der Waals surface area contributed by atoms with E-state index in [0.29, 0.717) is 18.7 Å². The van der Waals surface area contributed by atoms with Gasteiger partial charge in [-0.25, -0.2) is 4.79 Å². The van der Waals surface area contributed by atoms with E-state index in [2.05, 4.69) is 38.4 Å². The van der Waals surface area contributed by atoms with E-state index in [-0.39, 0.29) is 5.69 Å². The molecule has 1 N–H and O–H groups in total. The van der Waals surface area contributed by atoms with E-state index in [1.807, 2.05) is 6.07 Å². The highest BCUT2D eigenvalue weighted by molar-refractivity contribution is 5.84. The zero-order valence-corrected chi connectivity index (χ0v) is 12.9. The van der Waals surface area contributed by atoms with Crippen molar-refractivity contribution in [2.75, 3.05) is 0 Å². The zero-order valence-electron chi connectivity index (χ0n) is 12.9. The Kier molecular flexibility index (Phi) is 3.58. The van der Waals surface area contributed by atoms with Crippen molar-refractivity contribution in [1.29, 1.82) is 0 Å². The second-order valence-electron chi connectivity index (χ2n) is 6.03. The number of aryl methyl sites for hydroxylation is 1. The van der Waals surface area contributed by atoms with Gasteiger partial charge in [-0.1, -0.05) is 22.8 Å². The van der Waals surface area contributed by atoms with E-state index in [4.69, 9.17) is 5.11 Å². The molecule has 7 heteroatoms. The Morgan fingerprint density at radius 3 is 2.96 bits per heavy atom. The summed E-state index contributed by atoms with van der Waals surface area (Å²) in [6.45, 7) is 0.484. The van der Waals surface area contributed by atoms with Crippen LogP contribution in [0.2, 0.25) is 0 Å². The van der Waals surface area contributed by atoms with Gasteiger partial charge in [-0.15, -0.1) is 10.2 Å². The Morgan fingerprint density at radius 1 is 1.33 bits per heavy atom. The number of fused-ring (bicyclic) bond motifs is 1. The second-order valence-corrected chi connectivity index (χ2v) is 6.03. The van der Waals surface area contributed by atoms with Crippen LogP contribution in [0.3, 0.4) is 0 Å². The van der Waals surface area contributed by atoms with Crippen LogP contribution < -0.4 is 0 Å². The summed E-state index contributed by atoms with van der Waals surface area (Å²) < 4.78 is 1.47. The topological polar surface area (TPSA) is 93.8 Å². The molecule has 0 amide bonds. The number of hydrogen-bond acceptors (Lipinski definition) is 5. The smallest absolute Gasteiger partial charge is 0.358 e. The van der Waals surface area contributed by atoms with Gasteiger partial charge in [-0.3, -0.25) is 4.68 Å². The highest BCUT2D eigenvalue weighted by Gasteiger charge is 2.29. The molecule has 0 radical (unpaired) electrons. The molecule has 2 aromatic heterocycles. The third-order valence-corrected chi connectivity index (χ3v) is 4.16. The highest BCUT2D eigenvalue weighted by Crippen LogP contribution is 2.41. The monoisotopic (exact) mass is 321 g/mol. The first kappa shape index (κ1) is 14.6. The molecule has 120 valence electrons. The summed E-state index contributed by atoms with van der Waals surface area (Å²) in [5.41, 5.74) is 4.26. The van der Waals surface area contributed by atoms with Gasteiger partial charge in [0, 0.05) is 18.4 Å². The molecule has 2 heterocycles. The van der Waals surface area contributed by atoms with Crippen molar-refractivity contribution >= 4 is 12.0 Å². The minimum absolute atomic E-state index is 0.0642. The summed E-state index contributed by atoms with van der Waals surface area (Å²) in [5.74, 6) is 5.69. The summed E-state index contributed by atoms with van der Waals surface area (Å²) in [6.07, 6.45) is 7.68. The van der Waals surface area contributed by atoms with Gasteiger partial charge < -0.3 is 5.11 Å². The lowest BCUT2D eigenvalue weighted by molar-refractivity contribution is 0.0690. The third-order valence-electron chi connectivity index (χ3n) is 4.16. The fraction of sp³-hybridized carbons (Fsp3) is 0.353. The Labute approximate surface area is 138 Å². The van der Waals surface area contributed by atoms with Crippen LogP contribution in [-0.4, -0.2) is 36.3 Å². The van der Waals surface area contributed by atoms with Crippen LogP contribution in [0.15, 0.2) is 17.8 Å². The summed E-state index contributed by atoms with van der Waals surface area (Å²) in [5, 5.41) is 24.5. The van der Waals surface area contributed by atoms with Gasteiger partial charge in [0.05, 0.1) is 18.4 Å². The van der Waals surface area contributed by atoms with Crippen LogP contribution in [0, 0.1) is 17.8 Å². The van der Waals surface area contributed by atoms with Crippen LogP contribution in [0.5, 0.6) is 0 Å². The molecule has 7 nitrogen and oxygen atoms in total. The van der Waals surface area contributed by atoms with E-state index in [1.54, 1.807) is 0 Å². The number of aromatic carboxylic acids is 1. The summed E-state index contributed by atoms with van der Waals surface area (Å²) in [7, 11) is 0. The Bertz CT molecular complexity index is 899. The number of allylic oxidation sites excluding steroid dienone is 1. The zero-order chi connectivity index (χ0) is 16.5. The predicted octanol–water partition coefficient (Wildman–Crippen LogP) is 1.56. The SMILES string of the molecule is O=C(O)c1cn(CCC#Cc2cc3c(nn2)CC(C2CC2)=C3)nn1. The van der Waals surface area contributed by atoms with E-state index in [1.165, 1.54) is 29.3 Å². The Morgan fingerprint density at radius 2 is 2.21 bits per heavy atom. The van der Waals surface area contributed by atoms with Gasteiger partial charge in [0.25, 0.3) is 0 Å². The second kappa shape index (κ2) is 5.89. The van der Waals surface area contributed by atoms with Gasteiger partial charge in [0.1, 0.15) is 5.69 Å². The lowest BCUT2D eigenvalue weighted by Gasteiger charge is -1.97. The first-order valence-corrected chi connectivity index (χ1v) is 7.88. The van der Waals surface area contributed by atoms with Crippen LogP contribution in [0.25, 0.3) is 6.08 Å². The quantitative estimate of drug-likeness (QED) is 0.859. The number of hydrogen-bond donors (Lipinski definition) is 1. The number of carboxylic acid groups (broad SMARTS) is 1. The van der Waals surface area contributed by atoms with E-state index >= 15 is 0 Å². The highest BCUT2D eigenvalue weighted by atomic mass is 16.4. The van der Waals surface area contributed by atoms with Gasteiger partial charge in [-0.05, 0) is 30.7 Å². The Balaban J connectivity index is 1.38. The number of nitrogens with zero attached hydrogens (tertiary/aromatic N) is 5. The summed E-state index contributed by atoms with van der Waals surface area (Å²) >= 11 is 0. The normalized spacial score (nSPS) is 15.4. The molecule has 4 rings (SSSR count). The molecule has 0 aromatic carbocycles. The van der Waals surface area contributed by atoms with Crippen LogP contribution in [0.4, 0.5) is 0 Å². The average molecular weight is 321 g/mol. The Hall–Kier alpha value is -3.01. The molecular weight excluding hydrogens is 306 g/mol. The van der Waals surface area contributed by atoms with Crippen molar-refractivity contribution in [2.24, 2.45) is 5.92 Å². The minimum Gasteiger partial charge on any atom is -0.476 e. The van der Waals surface area contributed by atoms with Crippen LogP contribution >= 0.6 is 0 Å². The van der Waals surface area contributed by atoms with E-state index < -0.39 is 5.97 Å². The van der Waals surface area contributed by atoms with Crippen molar-refractivity contribution < 1.29 is 9.90 Å². The fourth-order valence-electron chi connectivity index (χ4n) is 2.74. The minimum atomic E-state index is -1.08. The van der Waals surface area contributed by atoms with Gasteiger partial charge >= 0.3 is 5.97 Å². The summed E-state index contributed by atoms with van der Waals surface area (Å²) in [4.78, 5) is 10.7. The maximum Gasteiger partial charge on any atom is 0.358 e. The average Bonchev–Trinajstić information content (AvgIpc) is 3.16. The van der Waals surface area contributed by atoms with Crippen LogP contribution in [-0.2, 0) is 13.0 Å². The molecule has 1 fully saturated rings. The maximum atomic E-state index is 10.7. The molecular formula is C17H15N5O2. The number of carbonyl (C=O) groups is 1. The van der Waals surface area contributed by atoms with Gasteiger partial charge in [-0.2, -0.15) is 5.10 Å². The molecule has 24 heavy (non-hydrogen) atoms. The fourth-order valence-corrected chi connectivity index (χ4v) is 2.74. The number of aromatic nitrogens is 5. The largest absolute Gasteiger partial charge is 0.476 e. The molecule has 0 saturated heterocycles. The first-order chi connectivity index (χ1) is 11.7. The first-order valence-electron chi connectivity index (χ1n) is 7.88. The van der Waals surface area contributed by atoms with Crippen molar-refractivity contribution in [3.05, 3.63) is 40.5 Å². The van der Waals surface area contributed by atoms with Gasteiger partial charge in [0.15, 0.2) is 5.69 Å². The maximum absolute atomic E-state index is 10.7. The molecule has 2 aromatic rings. The number of rotatable bonds is 4. The molecule has 0 spiro atoms. The van der Waals surface area contributed by atoms with Crippen molar-refractivity contribution in [2.45, 2.75) is 32.2 Å². The third kappa shape index (κ3) is 3.04. The standard InChI is InChI=1S/C17H15N5O2/c23-17(24)16-10-22(21-20-16)6-2-1-3-14-8-13-7-12(11-4-5-11)9-15(13)19-18-14/h7-8,10-11H,2,4-6,9H2,(H,23,24). The van der Waals surface area contributed by atoms with E-state index in [0.717, 1.165) is 23.6 Å². The van der Waals surface area contributed by atoms with Crippen molar-refractivity contribution in [1.82, 2.24) is 25.2 Å². The van der Waals surface area contributed by atoms with E-state index in [9.17, 15) is 4.79 Å². The number of carboxylic acids is 1. The molecule has 0 unspecified atom stereocenters. The molecule has 0 bridgehead atoms. The molecule has 2 aliphatic carbocycles. The lowest BCUT2D eigenvalue weighted by atomic mass is 10.1. The predicted molar refractivity (Wildman–Crippen MR) is 84.9 cm³/mol. The van der Waals surface area contributed by atoms with Gasteiger partial charge in [0.2, 0.25) is 0 Å². The molecule has 0 atom stereocenters. The van der Waals surface area contributed by atoms with Crippen LogP contribution in [0.1, 0.15) is 46.7 Å². The van der Waals surface area contributed by atoms with Crippen molar-refractivity contribution in [3.63, 3.8) is 0 Å². The molecule has 2 aliphatic rings. The van der Waals surface area contributed by atoms with Crippen molar-refractivity contribution in [3.8, 4) is 11.8 Å². The molecule has 0 aliphatic heterocycles. The summed E-state index contributed by atoms with van der Waals surface area (Å²) in [6, 6.07) is 1.99.